The average molecular weight is 309 g/mol. The second-order valence-electron chi connectivity index (χ2n) is 5.15. The predicted molar refractivity (Wildman–Crippen MR) is 86.5 cm³/mol. The van der Waals surface area contributed by atoms with Crippen LogP contribution in [0.4, 0.5) is 4.39 Å². The summed E-state index contributed by atoms with van der Waals surface area (Å²) in [5.41, 5.74) is 2.51. The molecule has 23 heavy (non-hydrogen) atoms. The van der Waals surface area contributed by atoms with Crippen molar-refractivity contribution in [3.63, 3.8) is 0 Å². The summed E-state index contributed by atoms with van der Waals surface area (Å²) in [6, 6.07) is 13.5. The molecule has 2 aromatic carbocycles. The zero-order valence-corrected chi connectivity index (χ0v) is 12.4. The molecule has 4 nitrogen and oxygen atoms in total. The highest BCUT2D eigenvalue weighted by atomic mass is 19.1. The van der Waals surface area contributed by atoms with Crippen molar-refractivity contribution in [2.24, 2.45) is 0 Å². The van der Waals surface area contributed by atoms with Crippen LogP contribution in [0.15, 0.2) is 60.9 Å². The van der Waals surface area contributed by atoms with Gasteiger partial charge in [0.2, 0.25) is 0 Å². The minimum atomic E-state index is -0.255. The maximum atomic E-state index is 12.8. The predicted octanol–water partition coefficient (Wildman–Crippen LogP) is 3.19. The molecule has 0 aliphatic carbocycles. The first-order valence-corrected chi connectivity index (χ1v) is 7.35. The molecule has 0 fully saturated rings. The molecule has 0 spiro atoms. The van der Waals surface area contributed by atoms with Gasteiger partial charge in [-0.25, -0.2) is 9.37 Å². The molecular weight excluding hydrogens is 293 g/mol. The number of hydrogen-bond acceptors (Lipinski definition) is 2. The van der Waals surface area contributed by atoms with Crippen LogP contribution in [0.3, 0.4) is 0 Å². The highest BCUT2D eigenvalue weighted by molar-refractivity contribution is 5.94. The van der Waals surface area contributed by atoms with Crippen molar-refractivity contribution in [2.45, 2.75) is 6.42 Å². The lowest BCUT2D eigenvalue weighted by molar-refractivity contribution is 0.0954. The first kappa shape index (κ1) is 15.0. The van der Waals surface area contributed by atoms with Gasteiger partial charge in [-0.15, -0.1) is 0 Å². The van der Waals surface area contributed by atoms with Crippen LogP contribution in [0.25, 0.3) is 11.4 Å². The molecule has 0 saturated heterocycles. The number of rotatable bonds is 5. The highest BCUT2D eigenvalue weighted by Crippen LogP contribution is 2.15. The molecule has 0 aliphatic rings. The van der Waals surface area contributed by atoms with E-state index in [1.54, 1.807) is 36.7 Å². The van der Waals surface area contributed by atoms with E-state index >= 15 is 0 Å². The van der Waals surface area contributed by atoms with E-state index in [0.717, 1.165) is 17.0 Å². The number of carbonyl (C=O) groups excluding carboxylic acids is 1. The lowest BCUT2D eigenvalue weighted by Gasteiger charge is -2.06. The Labute approximate surface area is 133 Å². The number of amides is 1. The second kappa shape index (κ2) is 6.87. The maximum Gasteiger partial charge on any atom is 0.251 e. The molecule has 0 bridgehead atoms. The van der Waals surface area contributed by atoms with E-state index in [1.807, 2.05) is 12.1 Å². The van der Waals surface area contributed by atoms with Crippen molar-refractivity contribution in [2.75, 3.05) is 6.54 Å². The van der Waals surface area contributed by atoms with Gasteiger partial charge in [0.1, 0.15) is 11.6 Å². The van der Waals surface area contributed by atoms with Gasteiger partial charge in [-0.3, -0.25) is 4.79 Å². The van der Waals surface area contributed by atoms with Crippen LogP contribution in [-0.4, -0.2) is 22.4 Å². The Bertz CT molecular complexity index is 765. The summed E-state index contributed by atoms with van der Waals surface area (Å²) < 4.78 is 12.8. The van der Waals surface area contributed by atoms with Crippen molar-refractivity contribution in [3.8, 4) is 11.4 Å². The normalized spacial score (nSPS) is 10.5. The van der Waals surface area contributed by atoms with E-state index in [9.17, 15) is 9.18 Å². The third kappa shape index (κ3) is 3.83. The Balaban J connectivity index is 1.55. The van der Waals surface area contributed by atoms with E-state index in [-0.39, 0.29) is 11.7 Å². The number of H-pyrrole nitrogens is 1. The average Bonchev–Trinajstić information content (AvgIpc) is 3.11. The first-order valence-electron chi connectivity index (χ1n) is 7.35. The summed E-state index contributed by atoms with van der Waals surface area (Å²) in [5.74, 6) is 0.390. The van der Waals surface area contributed by atoms with Gasteiger partial charge in [0, 0.05) is 30.1 Å². The lowest BCUT2D eigenvalue weighted by atomic mass is 10.1. The zero-order valence-electron chi connectivity index (χ0n) is 12.4. The SMILES string of the molecule is O=C(NCCc1ccc(F)cc1)c1ccc(-c2ncc[nH]2)cc1. The number of hydrogen-bond donors (Lipinski definition) is 2. The highest BCUT2D eigenvalue weighted by Gasteiger charge is 2.06. The molecule has 0 unspecified atom stereocenters. The number of benzene rings is 2. The fourth-order valence-electron chi connectivity index (χ4n) is 2.28. The largest absolute Gasteiger partial charge is 0.352 e. The second-order valence-corrected chi connectivity index (χ2v) is 5.15. The molecule has 2 N–H and O–H groups in total. The van der Waals surface area contributed by atoms with E-state index in [1.165, 1.54) is 12.1 Å². The Hall–Kier alpha value is -2.95. The van der Waals surface area contributed by atoms with Crippen molar-refractivity contribution in [1.82, 2.24) is 15.3 Å². The fourth-order valence-corrected chi connectivity index (χ4v) is 2.28. The first-order chi connectivity index (χ1) is 11.2. The summed E-state index contributed by atoms with van der Waals surface area (Å²) in [6.45, 7) is 0.504. The molecule has 1 amide bonds. The quantitative estimate of drug-likeness (QED) is 0.760. The Morgan fingerprint density at radius 3 is 2.48 bits per heavy atom. The lowest BCUT2D eigenvalue weighted by Crippen LogP contribution is -2.25. The molecule has 1 aromatic heterocycles. The van der Waals surface area contributed by atoms with E-state index < -0.39 is 0 Å². The van der Waals surface area contributed by atoms with Gasteiger partial charge in [0.05, 0.1) is 0 Å². The number of aromatic amines is 1. The van der Waals surface area contributed by atoms with Gasteiger partial charge in [-0.2, -0.15) is 0 Å². The zero-order chi connectivity index (χ0) is 16.1. The van der Waals surface area contributed by atoms with E-state index in [4.69, 9.17) is 0 Å². The summed E-state index contributed by atoms with van der Waals surface area (Å²) in [5, 5.41) is 2.86. The number of carbonyl (C=O) groups is 1. The van der Waals surface area contributed by atoms with Gasteiger partial charge >= 0.3 is 0 Å². The fraction of sp³-hybridized carbons (Fsp3) is 0.111. The van der Waals surface area contributed by atoms with Crippen molar-refractivity contribution in [1.29, 1.82) is 0 Å². The van der Waals surface area contributed by atoms with Gasteiger partial charge in [-0.1, -0.05) is 24.3 Å². The summed E-state index contributed by atoms with van der Waals surface area (Å²) >= 11 is 0. The standard InChI is InChI=1S/C18H16FN3O/c19-16-7-1-13(2-8-16)9-10-22-18(23)15-5-3-14(4-6-15)17-20-11-12-21-17/h1-8,11-12H,9-10H2,(H,20,21)(H,22,23). The van der Waals surface area contributed by atoms with E-state index in [2.05, 4.69) is 15.3 Å². The maximum absolute atomic E-state index is 12.8. The monoisotopic (exact) mass is 309 g/mol. The van der Waals surface area contributed by atoms with Crippen LogP contribution in [0, 0.1) is 5.82 Å². The Morgan fingerprint density at radius 1 is 1.09 bits per heavy atom. The third-order valence-corrected chi connectivity index (χ3v) is 3.53. The van der Waals surface area contributed by atoms with Crippen LogP contribution < -0.4 is 5.32 Å². The molecule has 1 heterocycles. The number of nitrogens with one attached hydrogen (secondary N) is 2. The summed E-state index contributed by atoms with van der Waals surface area (Å²) in [7, 11) is 0. The van der Waals surface area contributed by atoms with Crippen molar-refractivity contribution >= 4 is 5.91 Å². The van der Waals surface area contributed by atoms with Crippen LogP contribution in [-0.2, 0) is 6.42 Å². The molecular formula is C18H16FN3O. The minimum absolute atomic E-state index is 0.127. The Morgan fingerprint density at radius 2 is 1.83 bits per heavy atom. The van der Waals surface area contributed by atoms with Gasteiger partial charge in [0.15, 0.2) is 0 Å². The van der Waals surface area contributed by atoms with E-state index in [0.29, 0.717) is 18.5 Å². The van der Waals surface area contributed by atoms with Gasteiger partial charge in [-0.05, 0) is 36.2 Å². The molecule has 0 aliphatic heterocycles. The molecule has 5 heteroatoms. The number of imidazole rings is 1. The van der Waals surface area contributed by atoms with Crippen molar-refractivity contribution in [3.05, 3.63) is 77.9 Å². The molecule has 3 rings (SSSR count). The third-order valence-electron chi connectivity index (χ3n) is 3.53. The molecule has 116 valence electrons. The van der Waals surface area contributed by atoms with Crippen LogP contribution in [0.5, 0.6) is 0 Å². The number of halogens is 1. The summed E-state index contributed by atoms with van der Waals surface area (Å²) in [6.07, 6.45) is 4.10. The van der Waals surface area contributed by atoms with Gasteiger partial charge < -0.3 is 10.3 Å². The topological polar surface area (TPSA) is 57.8 Å². The Kier molecular flexibility index (Phi) is 4.47. The van der Waals surface area contributed by atoms with Crippen molar-refractivity contribution < 1.29 is 9.18 Å². The van der Waals surface area contributed by atoms with Gasteiger partial charge in [0.25, 0.3) is 5.91 Å². The molecule has 0 radical (unpaired) electrons. The summed E-state index contributed by atoms with van der Waals surface area (Å²) in [4.78, 5) is 19.3. The molecule has 0 saturated carbocycles. The number of aromatic nitrogens is 2. The van der Waals surface area contributed by atoms with Crippen LogP contribution in [0.2, 0.25) is 0 Å². The number of nitrogens with zero attached hydrogens (tertiary/aromatic N) is 1. The molecule has 0 atom stereocenters. The molecule has 3 aromatic rings. The smallest absolute Gasteiger partial charge is 0.251 e. The minimum Gasteiger partial charge on any atom is -0.352 e. The van der Waals surface area contributed by atoms with Crippen LogP contribution in [0.1, 0.15) is 15.9 Å². The van der Waals surface area contributed by atoms with Crippen LogP contribution >= 0.6 is 0 Å².